The van der Waals surface area contributed by atoms with Gasteiger partial charge in [-0.15, -0.1) is 0 Å². The highest BCUT2D eigenvalue weighted by atomic mass is 17.2. The predicted octanol–water partition coefficient (Wildman–Crippen LogP) is 1.54. The van der Waals surface area contributed by atoms with E-state index in [1.54, 1.807) is 30.3 Å². The Morgan fingerprint density at radius 3 is 2.46 bits per heavy atom. The van der Waals surface area contributed by atoms with Crippen molar-refractivity contribution in [3.05, 3.63) is 46.0 Å². The van der Waals surface area contributed by atoms with Gasteiger partial charge in [0.15, 0.2) is 0 Å². The first-order valence-electron chi connectivity index (χ1n) is 3.63. The third-order valence-corrected chi connectivity index (χ3v) is 1.46. The minimum Gasteiger partial charge on any atom is -0.261 e. The summed E-state index contributed by atoms with van der Waals surface area (Å²) in [6.45, 7) is 0. The number of hydrogen-bond acceptors (Lipinski definition) is 4. The number of nitro groups is 1. The maximum Gasteiger partial charge on any atom is 0.368 e. The zero-order valence-electron chi connectivity index (χ0n) is 7.04. The molecule has 0 heterocycles. The van der Waals surface area contributed by atoms with Gasteiger partial charge >= 0.3 is 6.23 Å². The van der Waals surface area contributed by atoms with Crippen molar-refractivity contribution < 1.29 is 14.7 Å². The van der Waals surface area contributed by atoms with Crippen molar-refractivity contribution in [2.45, 2.75) is 6.23 Å². The van der Waals surface area contributed by atoms with Crippen LogP contribution in [0.4, 0.5) is 0 Å². The van der Waals surface area contributed by atoms with E-state index in [1.165, 1.54) is 7.11 Å². The van der Waals surface area contributed by atoms with Crippen molar-refractivity contribution in [3.8, 4) is 0 Å². The van der Waals surface area contributed by atoms with Gasteiger partial charge in [0.2, 0.25) is 0 Å². The van der Waals surface area contributed by atoms with Crippen molar-refractivity contribution >= 4 is 0 Å². The lowest BCUT2D eigenvalue weighted by Gasteiger charge is -2.06. The molecule has 70 valence electrons. The Hall–Kier alpha value is -1.46. The van der Waals surface area contributed by atoms with Crippen LogP contribution >= 0.6 is 0 Å². The van der Waals surface area contributed by atoms with Crippen molar-refractivity contribution in [3.63, 3.8) is 0 Å². The number of hydrogen-bond donors (Lipinski definition) is 0. The van der Waals surface area contributed by atoms with Crippen molar-refractivity contribution in [2.24, 2.45) is 0 Å². The van der Waals surface area contributed by atoms with Crippen molar-refractivity contribution in [2.75, 3.05) is 7.11 Å². The van der Waals surface area contributed by atoms with Crippen LogP contribution in [-0.4, -0.2) is 12.0 Å². The minimum atomic E-state index is -1.26. The highest BCUT2D eigenvalue weighted by Gasteiger charge is 2.23. The Bertz CT molecular complexity index is 275. The highest BCUT2D eigenvalue weighted by molar-refractivity contribution is 5.15. The highest BCUT2D eigenvalue weighted by Crippen LogP contribution is 2.16. The van der Waals surface area contributed by atoms with Crippen LogP contribution in [0.3, 0.4) is 0 Å². The number of rotatable bonds is 4. The minimum absolute atomic E-state index is 0.453. The van der Waals surface area contributed by atoms with Crippen molar-refractivity contribution in [1.29, 1.82) is 0 Å². The summed E-state index contributed by atoms with van der Waals surface area (Å²) in [6, 6.07) is 8.38. The van der Waals surface area contributed by atoms with Gasteiger partial charge < -0.3 is 0 Å². The fraction of sp³-hybridized carbons (Fsp3) is 0.250. The molecule has 0 amide bonds. The first-order valence-corrected chi connectivity index (χ1v) is 3.63. The monoisotopic (exact) mass is 183 g/mol. The molecule has 1 aromatic carbocycles. The van der Waals surface area contributed by atoms with E-state index < -0.39 is 11.2 Å². The topological polar surface area (TPSA) is 61.6 Å². The molecular formula is C8H9NO4. The molecule has 0 saturated carbocycles. The summed E-state index contributed by atoms with van der Waals surface area (Å²) in [4.78, 5) is 18.7. The second-order valence-electron chi connectivity index (χ2n) is 2.31. The molecule has 0 fully saturated rings. The van der Waals surface area contributed by atoms with E-state index in [1.807, 2.05) is 0 Å². The van der Waals surface area contributed by atoms with Crippen LogP contribution in [0.1, 0.15) is 11.8 Å². The van der Waals surface area contributed by atoms with Gasteiger partial charge in [-0.3, -0.25) is 10.1 Å². The van der Waals surface area contributed by atoms with E-state index in [4.69, 9.17) is 0 Å². The summed E-state index contributed by atoms with van der Waals surface area (Å²) in [5.74, 6) is 0. The Morgan fingerprint density at radius 2 is 2.00 bits per heavy atom. The lowest BCUT2D eigenvalue weighted by Crippen LogP contribution is -2.13. The second-order valence-corrected chi connectivity index (χ2v) is 2.31. The predicted molar refractivity (Wildman–Crippen MR) is 44.3 cm³/mol. The zero-order chi connectivity index (χ0) is 9.68. The summed E-state index contributed by atoms with van der Waals surface area (Å²) < 4.78 is 0. The second kappa shape index (κ2) is 4.54. The summed E-state index contributed by atoms with van der Waals surface area (Å²) in [5, 5.41) is 10.5. The Labute approximate surface area is 75.0 Å². The van der Waals surface area contributed by atoms with Crippen molar-refractivity contribution in [1.82, 2.24) is 0 Å². The summed E-state index contributed by atoms with van der Waals surface area (Å²) in [7, 11) is 1.24. The van der Waals surface area contributed by atoms with Gasteiger partial charge in [0.05, 0.1) is 17.6 Å². The van der Waals surface area contributed by atoms with Crippen LogP contribution in [0.25, 0.3) is 0 Å². The number of nitrogens with zero attached hydrogens (tertiary/aromatic N) is 1. The Balaban J connectivity index is 2.82. The lowest BCUT2D eigenvalue weighted by molar-refractivity contribution is -0.627. The van der Waals surface area contributed by atoms with Gasteiger partial charge in [0.1, 0.15) is 0 Å². The molecule has 1 rings (SSSR count). The maximum absolute atomic E-state index is 10.5. The van der Waals surface area contributed by atoms with E-state index in [0.717, 1.165) is 0 Å². The van der Waals surface area contributed by atoms with Crippen LogP contribution in [0.15, 0.2) is 30.3 Å². The summed E-state index contributed by atoms with van der Waals surface area (Å²) in [5.41, 5.74) is 0.453. The van der Waals surface area contributed by atoms with Crippen LogP contribution in [-0.2, 0) is 9.78 Å². The van der Waals surface area contributed by atoms with Gasteiger partial charge in [-0.25, -0.2) is 4.89 Å². The molecule has 0 aromatic heterocycles. The molecule has 13 heavy (non-hydrogen) atoms. The van der Waals surface area contributed by atoms with Gasteiger partial charge in [0.25, 0.3) is 0 Å². The molecule has 1 aromatic rings. The van der Waals surface area contributed by atoms with Crippen LogP contribution in [0.5, 0.6) is 0 Å². The Kier molecular flexibility index (Phi) is 3.36. The molecular weight excluding hydrogens is 174 g/mol. The van der Waals surface area contributed by atoms with Crippen LogP contribution in [0, 0.1) is 10.1 Å². The third-order valence-electron chi connectivity index (χ3n) is 1.46. The quantitative estimate of drug-likeness (QED) is 0.307. The maximum atomic E-state index is 10.5. The van der Waals surface area contributed by atoms with Gasteiger partial charge in [-0.2, -0.15) is 4.89 Å². The Morgan fingerprint density at radius 1 is 1.38 bits per heavy atom. The lowest BCUT2D eigenvalue weighted by atomic mass is 10.2. The van der Waals surface area contributed by atoms with Crippen LogP contribution < -0.4 is 0 Å². The normalized spacial score (nSPS) is 12.4. The molecule has 0 radical (unpaired) electrons. The first-order chi connectivity index (χ1) is 6.25. The molecule has 0 aliphatic carbocycles. The third kappa shape index (κ3) is 2.50. The first kappa shape index (κ1) is 9.63. The van der Waals surface area contributed by atoms with Gasteiger partial charge in [-0.1, -0.05) is 18.2 Å². The standard InChI is InChI=1S/C8H9NO4/c1-12-13-8(9(10)11)7-5-3-2-4-6-7/h2-6,8H,1H3. The largest absolute Gasteiger partial charge is 0.368 e. The molecule has 0 aliphatic heterocycles. The SMILES string of the molecule is COOC(c1ccccc1)[N+](=O)[O-]. The van der Waals surface area contributed by atoms with E-state index in [-0.39, 0.29) is 0 Å². The average Bonchev–Trinajstić information content (AvgIpc) is 2.15. The average molecular weight is 183 g/mol. The molecule has 1 unspecified atom stereocenters. The molecule has 0 spiro atoms. The molecule has 0 N–H and O–H groups in total. The molecule has 0 saturated heterocycles. The van der Waals surface area contributed by atoms with E-state index in [2.05, 4.69) is 9.78 Å². The fourth-order valence-electron chi connectivity index (χ4n) is 0.921. The van der Waals surface area contributed by atoms with Crippen LogP contribution in [0.2, 0.25) is 0 Å². The van der Waals surface area contributed by atoms with E-state index in [0.29, 0.717) is 5.56 Å². The molecule has 1 atom stereocenters. The van der Waals surface area contributed by atoms with Gasteiger partial charge in [0, 0.05) is 0 Å². The summed E-state index contributed by atoms with van der Waals surface area (Å²) in [6.07, 6.45) is -1.26. The fourth-order valence-corrected chi connectivity index (χ4v) is 0.921. The number of benzene rings is 1. The molecule has 0 aliphatic rings. The van der Waals surface area contributed by atoms with E-state index in [9.17, 15) is 10.1 Å². The molecule has 0 bridgehead atoms. The molecule has 5 nitrogen and oxygen atoms in total. The van der Waals surface area contributed by atoms with E-state index >= 15 is 0 Å². The molecule has 5 heteroatoms. The summed E-state index contributed by atoms with van der Waals surface area (Å²) >= 11 is 0. The smallest absolute Gasteiger partial charge is 0.261 e. The van der Waals surface area contributed by atoms with Gasteiger partial charge in [-0.05, 0) is 12.1 Å². The zero-order valence-corrected chi connectivity index (χ0v) is 7.04.